The molecule has 3 rings (SSSR count). The molecule has 0 spiro atoms. The van der Waals surface area contributed by atoms with Crippen molar-refractivity contribution in [3.8, 4) is 0 Å². The van der Waals surface area contributed by atoms with Gasteiger partial charge in [-0.15, -0.1) is 0 Å². The predicted molar refractivity (Wildman–Crippen MR) is 89.6 cm³/mol. The van der Waals surface area contributed by atoms with Crippen LogP contribution in [0.2, 0.25) is 5.02 Å². The van der Waals surface area contributed by atoms with Gasteiger partial charge in [-0.05, 0) is 38.1 Å². The zero-order chi connectivity index (χ0) is 16.1. The summed E-state index contributed by atoms with van der Waals surface area (Å²) in [7, 11) is 0. The van der Waals surface area contributed by atoms with E-state index in [-0.39, 0.29) is 12.2 Å². The number of hydrogen-bond acceptors (Lipinski definition) is 4. The summed E-state index contributed by atoms with van der Waals surface area (Å²) in [5, 5.41) is 3.43. The molecule has 0 atom stereocenters. The fourth-order valence-electron chi connectivity index (χ4n) is 3.13. The summed E-state index contributed by atoms with van der Waals surface area (Å²) in [5.41, 5.74) is 0.674. The quantitative estimate of drug-likeness (QED) is 0.897. The van der Waals surface area contributed by atoms with E-state index in [1.54, 1.807) is 6.07 Å². The minimum Gasteiger partial charge on any atom is -0.350 e. The second kappa shape index (κ2) is 8.11. The fraction of sp³-hybridized carbons (Fsp3) is 0.588. The number of carbonyl (C=O) groups excluding carboxylic acids is 1. The molecule has 2 heterocycles. The zero-order valence-electron chi connectivity index (χ0n) is 13.2. The SMILES string of the molecule is O=C(CCN1CCC(C2OCCO2)CC1)Nc1ccccc1Cl. The molecule has 0 aromatic heterocycles. The van der Waals surface area contributed by atoms with Crippen LogP contribution in [0, 0.1) is 5.92 Å². The van der Waals surface area contributed by atoms with E-state index in [4.69, 9.17) is 21.1 Å². The van der Waals surface area contributed by atoms with Gasteiger partial charge >= 0.3 is 0 Å². The number of rotatable bonds is 5. The molecule has 0 saturated carbocycles. The van der Waals surface area contributed by atoms with Gasteiger partial charge < -0.3 is 19.7 Å². The van der Waals surface area contributed by atoms with E-state index in [0.717, 1.165) is 32.5 Å². The molecule has 6 heteroatoms. The lowest BCUT2D eigenvalue weighted by Gasteiger charge is -2.33. The van der Waals surface area contributed by atoms with Crippen LogP contribution in [0.25, 0.3) is 0 Å². The Morgan fingerprint density at radius 3 is 2.61 bits per heavy atom. The van der Waals surface area contributed by atoms with Gasteiger partial charge in [0.25, 0.3) is 0 Å². The molecule has 1 amide bonds. The third-order valence-electron chi connectivity index (χ3n) is 4.47. The second-order valence-electron chi connectivity index (χ2n) is 6.07. The van der Waals surface area contributed by atoms with Crippen molar-refractivity contribution in [1.82, 2.24) is 4.90 Å². The van der Waals surface area contributed by atoms with Gasteiger partial charge in [0.2, 0.25) is 5.91 Å². The monoisotopic (exact) mass is 338 g/mol. The van der Waals surface area contributed by atoms with Crippen LogP contribution < -0.4 is 5.32 Å². The van der Waals surface area contributed by atoms with Gasteiger partial charge in [0.05, 0.1) is 23.9 Å². The van der Waals surface area contributed by atoms with Gasteiger partial charge in [-0.25, -0.2) is 0 Å². The number of nitrogens with zero attached hydrogens (tertiary/aromatic N) is 1. The Labute approximate surface area is 141 Å². The van der Waals surface area contributed by atoms with Gasteiger partial charge in [0.1, 0.15) is 0 Å². The largest absolute Gasteiger partial charge is 0.350 e. The van der Waals surface area contributed by atoms with Crippen LogP contribution in [0.4, 0.5) is 5.69 Å². The molecule has 0 radical (unpaired) electrons. The van der Waals surface area contributed by atoms with Crippen molar-refractivity contribution in [2.45, 2.75) is 25.6 Å². The number of ether oxygens (including phenoxy) is 2. The average molecular weight is 339 g/mol. The number of piperidine rings is 1. The number of likely N-dealkylation sites (tertiary alicyclic amines) is 1. The molecule has 5 nitrogen and oxygen atoms in total. The van der Waals surface area contributed by atoms with Crippen molar-refractivity contribution < 1.29 is 14.3 Å². The van der Waals surface area contributed by atoms with Crippen LogP contribution in [0.15, 0.2) is 24.3 Å². The first-order valence-corrected chi connectivity index (χ1v) is 8.60. The Balaban J connectivity index is 1.38. The van der Waals surface area contributed by atoms with Crippen LogP contribution in [0.1, 0.15) is 19.3 Å². The molecule has 1 N–H and O–H groups in total. The summed E-state index contributed by atoms with van der Waals surface area (Å²) in [6.45, 7) is 4.19. The van der Waals surface area contributed by atoms with E-state index in [0.29, 0.717) is 36.3 Å². The highest BCUT2D eigenvalue weighted by molar-refractivity contribution is 6.33. The topological polar surface area (TPSA) is 50.8 Å². The summed E-state index contributed by atoms with van der Waals surface area (Å²) in [6, 6.07) is 7.29. The van der Waals surface area contributed by atoms with E-state index in [9.17, 15) is 4.79 Å². The third-order valence-corrected chi connectivity index (χ3v) is 4.80. The summed E-state index contributed by atoms with van der Waals surface area (Å²) < 4.78 is 11.2. The van der Waals surface area contributed by atoms with Gasteiger partial charge in [-0.3, -0.25) is 4.79 Å². The lowest BCUT2D eigenvalue weighted by Crippen LogP contribution is -2.39. The Hall–Kier alpha value is -1.14. The Morgan fingerprint density at radius 2 is 1.91 bits per heavy atom. The van der Waals surface area contributed by atoms with E-state index in [1.807, 2.05) is 18.2 Å². The number of hydrogen-bond donors (Lipinski definition) is 1. The third kappa shape index (κ3) is 4.67. The molecular formula is C17H23ClN2O3. The van der Waals surface area contributed by atoms with E-state index >= 15 is 0 Å². The number of nitrogens with one attached hydrogen (secondary N) is 1. The minimum absolute atomic E-state index is 0.00248. The van der Waals surface area contributed by atoms with E-state index < -0.39 is 0 Å². The standard InChI is InChI=1S/C17H23ClN2O3/c18-14-3-1-2-4-15(14)19-16(21)7-10-20-8-5-13(6-9-20)17-22-11-12-23-17/h1-4,13,17H,5-12H2,(H,19,21). The van der Waals surface area contributed by atoms with Crippen molar-refractivity contribution in [2.24, 2.45) is 5.92 Å². The van der Waals surface area contributed by atoms with Crippen LogP contribution >= 0.6 is 11.6 Å². The molecule has 2 saturated heterocycles. The maximum atomic E-state index is 12.0. The number of halogens is 1. The van der Waals surface area contributed by atoms with Gasteiger partial charge in [-0.2, -0.15) is 0 Å². The number of anilines is 1. The van der Waals surface area contributed by atoms with Crippen molar-refractivity contribution >= 4 is 23.2 Å². The molecule has 23 heavy (non-hydrogen) atoms. The summed E-state index contributed by atoms with van der Waals surface area (Å²) in [4.78, 5) is 14.4. The molecule has 0 bridgehead atoms. The Morgan fingerprint density at radius 1 is 1.22 bits per heavy atom. The molecular weight excluding hydrogens is 316 g/mol. The maximum Gasteiger partial charge on any atom is 0.225 e. The Bertz CT molecular complexity index is 526. The molecule has 0 unspecified atom stereocenters. The Kier molecular flexibility index (Phi) is 5.89. The molecule has 0 aliphatic carbocycles. The van der Waals surface area contributed by atoms with Crippen LogP contribution in [-0.4, -0.2) is 49.9 Å². The van der Waals surface area contributed by atoms with E-state index in [1.165, 1.54) is 0 Å². The summed E-state index contributed by atoms with van der Waals surface area (Å²) in [6.07, 6.45) is 2.60. The number of amides is 1. The van der Waals surface area contributed by atoms with Gasteiger partial charge in [0, 0.05) is 18.9 Å². The van der Waals surface area contributed by atoms with Crippen molar-refractivity contribution in [3.63, 3.8) is 0 Å². The number of benzene rings is 1. The normalized spacial score (nSPS) is 20.7. The predicted octanol–water partition coefficient (Wildman–Crippen LogP) is 2.75. The molecule has 1 aromatic carbocycles. The number of para-hydroxylation sites is 1. The van der Waals surface area contributed by atoms with E-state index in [2.05, 4.69) is 10.2 Å². The first-order chi connectivity index (χ1) is 11.2. The van der Waals surface area contributed by atoms with Crippen molar-refractivity contribution in [2.75, 3.05) is 38.2 Å². The zero-order valence-corrected chi connectivity index (χ0v) is 13.9. The van der Waals surface area contributed by atoms with Crippen LogP contribution in [-0.2, 0) is 14.3 Å². The lowest BCUT2D eigenvalue weighted by atomic mass is 9.96. The first kappa shape index (κ1) is 16.7. The van der Waals surface area contributed by atoms with Crippen molar-refractivity contribution in [3.05, 3.63) is 29.3 Å². The van der Waals surface area contributed by atoms with Gasteiger partial charge in [0.15, 0.2) is 6.29 Å². The second-order valence-corrected chi connectivity index (χ2v) is 6.47. The number of carbonyl (C=O) groups is 1. The first-order valence-electron chi connectivity index (χ1n) is 8.22. The highest BCUT2D eigenvalue weighted by Gasteiger charge is 2.30. The van der Waals surface area contributed by atoms with Gasteiger partial charge in [-0.1, -0.05) is 23.7 Å². The molecule has 2 fully saturated rings. The lowest BCUT2D eigenvalue weighted by molar-refractivity contribution is -0.117. The minimum atomic E-state index is -0.0133. The molecule has 2 aliphatic rings. The average Bonchev–Trinajstić information content (AvgIpc) is 3.10. The summed E-state index contributed by atoms with van der Waals surface area (Å²) >= 11 is 6.05. The smallest absolute Gasteiger partial charge is 0.225 e. The fourth-order valence-corrected chi connectivity index (χ4v) is 3.32. The highest BCUT2D eigenvalue weighted by Crippen LogP contribution is 2.26. The highest BCUT2D eigenvalue weighted by atomic mass is 35.5. The molecule has 1 aromatic rings. The summed E-state index contributed by atoms with van der Waals surface area (Å²) in [5.74, 6) is 0.494. The van der Waals surface area contributed by atoms with Crippen LogP contribution in [0.3, 0.4) is 0 Å². The van der Waals surface area contributed by atoms with Crippen molar-refractivity contribution in [1.29, 1.82) is 0 Å². The molecule has 2 aliphatic heterocycles. The van der Waals surface area contributed by atoms with Crippen LogP contribution in [0.5, 0.6) is 0 Å². The molecule has 126 valence electrons. The maximum absolute atomic E-state index is 12.0.